The lowest BCUT2D eigenvalue weighted by Gasteiger charge is -2.36. The molecule has 31 heavy (non-hydrogen) atoms. The normalized spacial score (nSPS) is 25.7. The SMILES string of the molecule is C[C@H](CO)N1C[C@H](C)[C@@H](CN(C)CC2CCCCC2)OCc2cnnn2CCCC1=O. The molecule has 3 rings (SSSR count). The zero-order valence-corrected chi connectivity index (χ0v) is 19.6. The highest BCUT2D eigenvalue weighted by molar-refractivity contribution is 5.76. The Kier molecular flexibility index (Phi) is 9.29. The lowest BCUT2D eigenvalue weighted by Crippen LogP contribution is -2.47. The maximum Gasteiger partial charge on any atom is 0.222 e. The van der Waals surface area contributed by atoms with Crippen molar-refractivity contribution in [3.05, 3.63) is 11.9 Å². The standard InChI is InChI=1S/C23H41N5O3/c1-18-13-27(19(2)16-29)23(30)10-7-11-28-21(12-24-25-28)17-31-22(18)15-26(3)14-20-8-5-4-6-9-20/h12,18-20,22,29H,4-11,13-17H2,1-3H3/t18-,19+,22+/m0/s1. The van der Waals surface area contributed by atoms with E-state index < -0.39 is 0 Å². The molecule has 0 aromatic carbocycles. The Hall–Kier alpha value is -1.51. The minimum atomic E-state index is -0.194. The summed E-state index contributed by atoms with van der Waals surface area (Å²) in [7, 11) is 2.19. The molecule has 0 unspecified atom stereocenters. The number of likely N-dealkylation sites (N-methyl/N-ethyl adjacent to an activating group) is 1. The second-order valence-electron chi connectivity index (χ2n) is 9.68. The fourth-order valence-electron chi connectivity index (χ4n) is 4.94. The minimum absolute atomic E-state index is 0.0161. The van der Waals surface area contributed by atoms with Crippen molar-refractivity contribution in [1.29, 1.82) is 0 Å². The number of aromatic nitrogens is 3. The van der Waals surface area contributed by atoms with Gasteiger partial charge in [-0.1, -0.05) is 31.4 Å². The number of nitrogens with zero attached hydrogens (tertiary/aromatic N) is 5. The van der Waals surface area contributed by atoms with Crippen LogP contribution in [-0.4, -0.2) is 81.2 Å². The van der Waals surface area contributed by atoms with E-state index in [0.717, 1.165) is 24.7 Å². The van der Waals surface area contributed by atoms with Crippen LogP contribution >= 0.6 is 0 Å². The summed E-state index contributed by atoms with van der Waals surface area (Å²) in [4.78, 5) is 17.2. The van der Waals surface area contributed by atoms with E-state index in [1.807, 2.05) is 16.5 Å². The van der Waals surface area contributed by atoms with Crippen LogP contribution in [0.5, 0.6) is 0 Å². The van der Waals surface area contributed by atoms with Crippen molar-refractivity contribution in [1.82, 2.24) is 24.8 Å². The number of fused-ring (bicyclic) bond motifs is 1. The number of aliphatic hydroxyl groups excluding tert-OH is 1. The van der Waals surface area contributed by atoms with Gasteiger partial charge in [0.05, 0.1) is 37.3 Å². The molecule has 8 heteroatoms. The number of hydrogen-bond acceptors (Lipinski definition) is 6. The number of carbonyl (C=O) groups excluding carboxylic acids is 1. The van der Waals surface area contributed by atoms with Crippen LogP contribution < -0.4 is 0 Å². The summed E-state index contributed by atoms with van der Waals surface area (Å²) in [5.41, 5.74) is 0.959. The minimum Gasteiger partial charge on any atom is -0.394 e. The van der Waals surface area contributed by atoms with Gasteiger partial charge in [-0.2, -0.15) is 0 Å². The van der Waals surface area contributed by atoms with E-state index in [0.29, 0.717) is 32.5 Å². The summed E-state index contributed by atoms with van der Waals surface area (Å²) in [5.74, 6) is 1.01. The Morgan fingerprint density at radius 3 is 2.77 bits per heavy atom. The van der Waals surface area contributed by atoms with E-state index in [-0.39, 0.29) is 30.6 Å². The maximum absolute atomic E-state index is 12.9. The van der Waals surface area contributed by atoms with Gasteiger partial charge >= 0.3 is 0 Å². The molecular weight excluding hydrogens is 394 g/mol. The first-order chi connectivity index (χ1) is 15.0. The Labute approximate surface area is 186 Å². The average molecular weight is 436 g/mol. The zero-order valence-electron chi connectivity index (χ0n) is 19.6. The molecule has 1 amide bonds. The monoisotopic (exact) mass is 435 g/mol. The van der Waals surface area contributed by atoms with Crippen LogP contribution in [0.2, 0.25) is 0 Å². The number of ether oxygens (including phenoxy) is 1. The number of aryl methyl sites for hydroxylation is 1. The van der Waals surface area contributed by atoms with E-state index in [1.54, 1.807) is 6.20 Å². The number of hydrogen-bond donors (Lipinski definition) is 1. The summed E-state index contributed by atoms with van der Waals surface area (Å²) in [6, 6.07) is -0.194. The van der Waals surface area contributed by atoms with Crippen LogP contribution in [0.1, 0.15) is 64.5 Å². The molecule has 0 saturated heterocycles. The molecule has 2 aliphatic rings. The van der Waals surface area contributed by atoms with Gasteiger partial charge < -0.3 is 19.6 Å². The molecule has 1 N–H and O–H groups in total. The van der Waals surface area contributed by atoms with Crippen molar-refractivity contribution in [2.24, 2.45) is 11.8 Å². The van der Waals surface area contributed by atoms with E-state index in [9.17, 15) is 9.90 Å². The molecule has 1 aliphatic heterocycles. The number of amides is 1. The molecule has 1 aliphatic carbocycles. The van der Waals surface area contributed by atoms with Crippen LogP contribution in [0.25, 0.3) is 0 Å². The van der Waals surface area contributed by atoms with Gasteiger partial charge in [0.25, 0.3) is 0 Å². The van der Waals surface area contributed by atoms with Gasteiger partial charge in [-0.05, 0) is 39.2 Å². The van der Waals surface area contributed by atoms with Gasteiger partial charge in [-0.3, -0.25) is 4.79 Å². The molecule has 1 fully saturated rings. The van der Waals surface area contributed by atoms with Crippen LogP contribution in [0.4, 0.5) is 0 Å². The number of rotatable bonds is 6. The van der Waals surface area contributed by atoms with Crippen molar-refractivity contribution in [3.63, 3.8) is 0 Å². The molecule has 1 saturated carbocycles. The van der Waals surface area contributed by atoms with E-state index in [1.165, 1.54) is 32.1 Å². The molecule has 0 spiro atoms. The molecule has 2 heterocycles. The molecule has 0 bridgehead atoms. The Bertz CT molecular complexity index is 676. The first-order valence-corrected chi connectivity index (χ1v) is 12.1. The van der Waals surface area contributed by atoms with Gasteiger partial charge in [0.2, 0.25) is 5.91 Å². The molecule has 8 nitrogen and oxygen atoms in total. The Morgan fingerprint density at radius 2 is 2.03 bits per heavy atom. The van der Waals surface area contributed by atoms with Crippen molar-refractivity contribution < 1.29 is 14.6 Å². The third-order valence-electron chi connectivity index (χ3n) is 6.93. The van der Waals surface area contributed by atoms with Gasteiger partial charge in [0, 0.05) is 38.5 Å². The van der Waals surface area contributed by atoms with Crippen molar-refractivity contribution in [2.45, 2.75) is 84.1 Å². The lowest BCUT2D eigenvalue weighted by molar-refractivity contribution is -0.136. The Balaban J connectivity index is 1.72. The van der Waals surface area contributed by atoms with Crippen LogP contribution in [0.15, 0.2) is 6.20 Å². The van der Waals surface area contributed by atoms with Crippen LogP contribution in [0, 0.1) is 11.8 Å². The van der Waals surface area contributed by atoms with Gasteiger partial charge in [0.1, 0.15) is 0 Å². The predicted molar refractivity (Wildman–Crippen MR) is 119 cm³/mol. The quantitative estimate of drug-likeness (QED) is 0.738. The maximum atomic E-state index is 12.9. The molecule has 176 valence electrons. The van der Waals surface area contributed by atoms with Crippen molar-refractivity contribution >= 4 is 5.91 Å². The van der Waals surface area contributed by atoms with E-state index in [2.05, 4.69) is 29.2 Å². The predicted octanol–water partition coefficient (Wildman–Crippen LogP) is 2.31. The molecule has 1 aromatic rings. The first kappa shape index (κ1) is 24.1. The Morgan fingerprint density at radius 1 is 1.26 bits per heavy atom. The van der Waals surface area contributed by atoms with Crippen LogP contribution in [0.3, 0.4) is 0 Å². The fourth-order valence-corrected chi connectivity index (χ4v) is 4.94. The second kappa shape index (κ2) is 11.9. The lowest BCUT2D eigenvalue weighted by atomic mass is 9.89. The molecule has 1 aromatic heterocycles. The third kappa shape index (κ3) is 6.99. The summed E-state index contributed by atoms with van der Waals surface area (Å²) in [6.07, 6.45) is 9.62. The van der Waals surface area contributed by atoms with Crippen molar-refractivity contribution in [3.8, 4) is 0 Å². The van der Waals surface area contributed by atoms with Crippen LogP contribution in [-0.2, 0) is 22.7 Å². The van der Waals surface area contributed by atoms with E-state index >= 15 is 0 Å². The number of carbonyl (C=O) groups is 1. The van der Waals surface area contributed by atoms with Gasteiger partial charge in [-0.25, -0.2) is 4.68 Å². The largest absolute Gasteiger partial charge is 0.394 e. The zero-order chi connectivity index (χ0) is 22.2. The first-order valence-electron chi connectivity index (χ1n) is 12.1. The van der Waals surface area contributed by atoms with Crippen molar-refractivity contribution in [2.75, 3.05) is 33.3 Å². The summed E-state index contributed by atoms with van der Waals surface area (Å²) in [6.45, 7) is 7.69. The molecular formula is C23H41N5O3. The fraction of sp³-hybridized carbons (Fsp3) is 0.870. The summed E-state index contributed by atoms with van der Waals surface area (Å²) < 4.78 is 8.28. The third-order valence-corrected chi connectivity index (χ3v) is 6.93. The summed E-state index contributed by atoms with van der Waals surface area (Å²) >= 11 is 0. The second-order valence-corrected chi connectivity index (χ2v) is 9.68. The summed E-state index contributed by atoms with van der Waals surface area (Å²) in [5, 5.41) is 17.9. The topological polar surface area (TPSA) is 83.7 Å². The molecule has 3 atom stereocenters. The van der Waals surface area contributed by atoms with Gasteiger partial charge in [0.15, 0.2) is 0 Å². The average Bonchev–Trinajstić information content (AvgIpc) is 3.21. The highest BCUT2D eigenvalue weighted by Crippen LogP contribution is 2.25. The molecule has 0 radical (unpaired) electrons. The smallest absolute Gasteiger partial charge is 0.222 e. The number of aliphatic hydroxyl groups is 1. The highest BCUT2D eigenvalue weighted by atomic mass is 16.5. The van der Waals surface area contributed by atoms with Gasteiger partial charge in [-0.15, -0.1) is 5.10 Å². The van der Waals surface area contributed by atoms with E-state index in [4.69, 9.17) is 4.74 Å². The highest BCUT2D eigenvalue weighted by Gasteiger charge is 2.28.